The van der Waals surface area contributed by atoms with Crippen LogP contribution in [0, 0.1) is 23.7 Å². The van der Waals surface area contributed by atoms with Crippen molar-refractivity contribution in [2.75, 3.05) is 26.3 Å². The van der Waals surface area contributed by atoms with Gasteiger partial charge in [-0.05, 0) is 60.7 Å². The second kappa shape index (κ2) is 12.5. The van der Waals surface area contributed by atoms with Crippen molar-refractivity contribution in [2.24, 2.45) is 0 Å². The summed E-state index contributed by atoms with van der Waals surface area (Å²) in [5, 5.41) is 20.7. The van der Waals surface area contributed by atoms with E-state index in [0.29, 0.717) is 5.56 Å². The van der Waals surface area contributed by atoms with E-state index in [0.717, 1.165) is 38.4 Å². The van der Waals surface area contributed by atoms with Gasteiger partial charge in [0.05, 0.1) is 19.3 Å². The maximum absolute atomic E-state index is 12.3. The fourth-order valence-electron chi connectivity index (χ4n) is 3.38. The highest BCUT2D eigenvalue weighted by Gasteiger charge is 2.25. The highest BCUT2D eigenvalue weighted by atomic mass is 16.5. The van der Waals surface area contributed by atoms with Gasteiger partial charge < -0.3 is 15.2 Å². The van der Waals surface area contributed by atoms with E-state index in [1.54, 1.807) is 24.3 Å². The van der Waals surface area contributed by atoms with E-state index in [9.17, 15) is 14.7 Å². The molecule has 1 fully saturated rings. The maximum Gasteiger partial charge on any atom is 0.268 e. The molecule has 2 aromatic rings. The number of carbonyl (C=O) groups excluding carboxylic acids is 2. The lowest BCUT2D eigenvalue weighted by Gasteiger charge is -2.26. The highest BCUT2D eigenvalue weighted by Crippen LogP contribution is 2.09. The molecule has 0 aliphatic carbocycles. The number of carbonyl (C=O) groups is 2. The number of rotatable bonds is 6. The highest BCUT2D eigenvalue weighted by molar-refractivity contribution is 5.97. The summed E-state index contributed by atoms with van der Waals surface area (Å²) in [4.78, 5) is 26.2. The van der Waals surface area contributed by atoms with Gasteiger partial charge in [0, 0.05) is 36.3 Å². The fourth-order valence-corrected chi connectivity index (χ4v) is 3.38. The van der Waals surface area contributed by atoms with Crippen LogP contribution < -0.4 is 10.8 Å². The molecule has 1 aliphatic heterocycles. The molecular weight excluding hydrogens is 434 g/mol. The number of hydrogen-bond donors (Lipinski definition) is 4. The summed E-state index contributed by atoms with van der Waals surface area (Å²) < 4.78 is 5.39. The first-order chi connectivity index (χ1) is 16.5. The zero-order valence-electron chi connectivity index (χ0n) is 18.9. The molecule has 4 N–H and O–H groups in total. The Hall–Kier alpha value is -3.66. The van der Waals surface area contributed by atoms with Crippen LogP contribution in [0.4, 0.5) is 0 Å². The van der Waals surface area contributed by atoms with Crippen molar-refractivity contribution in [3.63, 3.8) is 0 Å². The smallest absolute Gasteiger partial charge is 0.268 e. The molecule has 8 heteroatoms. The van der Waals surface area contributed by atoms with Crippen molar-refractivity contribution in [1.82, 2.24) is 15.7 Å². The Labute approximate surface area is 198 Å². The number of hydrogen-bond acceptors (Lipinski definition) is 6. The van der Waals surface area contributed by atoms with Gasteiger partial charge in [-0.15, -0.1) is 0 Å². The number of hydroxylamine groups is 1. The molecule has 2 aromatic carbocycles. The van der Waals surface area contributed by atoms with Crippen LogP contribution in [-0.4, -0.2) is 65.5 Å². The number of nitrogens with one attached hydrogen (secondary N) is 2. The normalized spacial score (nSPS) is 15.0. The van der Waals surface area contributed by atoms with Gasteiger partial charge in [-0.2, -0.15) is 0 Å². The summed E-state index contributed by atoms with van der Waals surface area (Å²) in [6.45, 7) is 5.60. The van der Waals surface area contributed by atoms with Gasteiger partial charge in [-0.1, -0.05) is 24.0 Å². The number of morpholine rings is 1. The van der Waals surface area contributed by atoms with Crippen molar-refractivity contribution in [2.45, 2.75) is 25.6 Å². The monoisotopic (exact) mass is 461 g/mol. The number of aliphatic hydroxyl groups excluding tert-OH is 1. The third-order valence-corrected chi connectivity index (χ3v) is 5.22. The molecule has 1 heterocycles. The van der Waals surface area contributed by atoms with Gasteiger partial charge in [0.25, 0.3) is 11.8 Å². The molecule has 1 aliphatic rings. The van der Waals surface area contributed by atoms with E-state index >= 15 is 0 Å². The molecule has 1 unspecified atom stereocenters. The summed E-state index contributed by atoms with van der Waals surface area (Å²) in [6, 6.07) is 13.2. The molecule has 3 rings (SSSR count). The minimum atomic E-state index is -1.28. The summed E-state index contributed by atoms with van der Waals surface area (Å²) in [5.41, 5.74) is 4.47. The largest absolute Gasteiger partial charge is 0.391 e. The zero-order valence-corrected chi connectivity index (χ0v) is 18.9. The van der Waals surface area contributed by atoms with E-state index in [-0.39, 0.29) is 5.56 Å². The van der Waals surface area contributed by atoms with Gasteiger partial charge >= 0.3 is 0 Å². The lowest BCUT2D eigenvalue weighted by atomic mass is 10.1. The van der Waals surface area contributed by atoms with Crippen LogP contribution in [0.2, 0.25) is 0 Å². The van der Waals surface area contributed by atoms with Crippen LogP contribution in [-0.2, 0) is 16.1 Å². The van der Waals surface area contributed by atoms with Crippen LogP contribution in [0.5, 0.6) is 0 Å². The predicted octanol–water partition coefficient (Wildman–Crippen LogP) is 0.907. The van der Waals surface area contributed by atoms with Gasteiger partial charge in [-0.3, -0.25) is 19.7 Å². The molecule has 8 nitrogen and oxygen atoms in total. The number of nitrogens with zero attached hydrogens (tertiary/aromatic N) is 1. The second-order valence-electron chi connectivity index (χ2n) is 7.83. The number of ether oxygens (including phenoxy) is 1. The molecule has 0 saturated carbocycles. The standard InChI is InChI=1S/C26H27N3O5/c1-19(30)24(26(32)28-33)27-25(31)23-11-9-20(10-12-23)5-2-3-6-21-7-4-8-22(17-21)18-29-13-15-34-16-14-29/h4,7-12,17,19,24,30,33H,13-16,18H2,1H3,(H,27,31)(H,28,32)/t19?,24-/m0/s1. The Morgan fingerprint density at radius 3 is 2.38 bits per heavy atom. The minimum absolute atomic E-state index is 0.283. The zero-order chi connectivity index (χ0) is 24.3. The first-order valence-corrected chi connectivity index (χ1v) is 10.9. The van der Waals surface area contributed by atoms with Gasteiger partial charge in [0.1, 0.15) is 6.04 Å². The van der Waals surface area contributed by atoms with Crippen LogP contribution in [0.1, 0.15) is 34.0 Å². The number of benzene rings is 2. The van der Waals surface area contributed by atoms with E-state index in [1.807, 2.05) is 12.1 Å². The third-order valence-electron chi connectivity index (χ3n) is 5.22. The first kappa shape index (κ1) is 25.0. The molecular formula is C26H27N3O5. The molecule has 2 atom stereocenters. The van der Waals surface area contributed by atoms with E-state index < -0.39 is 24.0 Å². The van der Waals surface area contributed by atoms with Crippen molar-refractivity contribution < 1.29 is 24.6 Å². The van der Waals surface area contributed by atoms with Gasteiger partial charge in [0.2, 0.25) is 0 Å². The van der Waals surface area contributed by atoms with Gasteiger partial charge in [-0.25, -0.2) is 5.48 Å². The molecule has 2 amide bonds. The number of aliphatic hydroxyl groups is 1. The molecule has 1 saturated heterocycles. The summed E-state index contributed by atoms with van der Waals surface area (Å²) >= 11 is 0. The summed E-state index contributed by atoms with van der Waals surface area (Å²) in [6.07, 6.45) is -1.18. The van der Waals surface area contributed by atoms with Crippen molar-refractivity contribution in [3.8, 4) is 23.7 Å². The molecule has 0 spiro atoms. The average Bonchev–Trinajstić information content (AvgIpc) is 2.85. The lowest BCUT2D eigenvalue weighted by molar-refractivity contribution is -0.133. The average molecular weight is 462 g/mol. The quantitative estimate of drug-likeness (QED) is 0.289. The predicted molar refractivity (Wildman–Crippen MR) is 126 cm³/mol. The molecule has 0 radical (unpaired) electrons. The van der Waals surface area contributed by atoms with Gasteiger partial charge in [0.15, 0.2) is 0 Å². The number of amides is 2. The van der Waals surface area contributed by atoms with Crippen LogP contribution in [0.25, 0.3) is 0 Å². The first-order valence-electron chi connectivity index (χ1n) is 10.9. The Kier molecular flexibility index (Phi) is 9.21. The minimum Gasteiger partial charge on any atom is -0.391 e. The molecule has 176 valence electrons. The Balaban J connectivity index is 1.59. The molecule has 34 heavy (non-hydrogen) atoms. The van der Waals surface area contributed by atoms with Crippen molar-refractivity contribution in [3.05, 3.63) is 70.8 Å². The summed E-state index contributed by atoms with van der Waals surface area (Å²) in [7, 11) is 0. The van der Waals surface area contributed by atoms with Crippen LogP contribution in [0.3, 0.4) is 0 Å². The maximum atomic E-state index is 12.3. The van der Waals surface area contributed by atoms with E-state index in [2.05, 4.69) is 46.0 Å². The van der Waals surface area contributed by atoms with E-state index in [4.69, 9.17) is 9.94 Å². The second-order valence-corrected chi connectivity index (χ2v) is 7.83. The van der Waals surface area contributed by atoms with Crippen LogP contribution >= 0.6 is 0 Å². The third kappa shape index (κ3) is 7.45. The Bertz CT molecular complexity index is 1120. The molecule has 0 aromatic heterocycles. The lowest BCUT2D eigenvalue weighted by Crippen LogP contribution is -2.51. The van der Waals surface area contributed by atoms with Crippen molar-refractivity contribution in [1.29, 1.82) is 0 Å². The summed E-state index contributed by atoms with van der Waals surface area (Å²) in [5.74, 6) is 10.2. The van der Waals surface area contributed by atoms with Crippen LogP contribution in [0.15, 0.2) is 48.5 Å². The topological polar surface area (TPSA) is 111 Å². The fraction of sp³-hybridized carbons (Fsp3) is 0.308. The van der Waals surface area contributed by atoms with Crippen molar-refractivity contribution >= 4 is 11.8 Å². The SMILES string of the molecule is CC(O)[C@H](NC(=O)c1ccc(C#CC#Cc2cccc(CN3CCOCC3)c2)cc1)C(=O)NO. The molecule has 0 bridgehead atoms. The Morgan fingerprint density at radius 1 is 1.06 bits per heavy atom. The van der Waals surface area contributed by atoms with E-state index in [1.165, 1.54) is 18.0 Å². The Morgan fingerprint density at radius 2 is 1.74 bits per heavy atom.